The van der Waals surface area contributed by atoms with Crippen molar-refractivity contribution >= 4 is 23.2 Å². The first-order valence-corrected chi connectivity index (χ1v) is 6.25. The van der Waals surface area contributed by atoms with Crippen LogP contribution in [-0.2, 0) is 4.74 Å². The Hall–Kier alpha value is -2.95. The number of esters is 1. The molecule has 0 saturated carbocycles. The summed E-state index contributed by atoms with van der Waals surface area (Å²) in [6, 6.07) is 5.21. The third-order valence-electron chi connectivity index (χ3n) is 2.24. The Bertz CT molecular complexity index is 671. The summed E-state index contributed by atoms with van der Waals surface area (Å²) in [5.74, 6) is -2.06. The van der Waals surface area contributed by atoms with E-state index in [2.05, 4.69) is 10.5 Å². The highest BCUT2D eigenvalue weighted by Gasteiger charge is 2.21. The van der Waals surface area contributed by atoms with Gasteiger partial charge in [0.1, 0.15) is 17.5 Å². The van der Waals surface area contributed by atoms with Crippen molar-refractivity contribution in [3.63, 3.8) is 0 Å². The number of halogens is 1. The molecule has 0 fully saturated rings. The number of amidine groups is 1. The summed E-state index contributed by atoms with van der Waals surface area (Å²) in [5.41, 5.74) is 6.46. The molecule has 0 aliphatic heterocycles. The van der Waals surface area contributed by atoms with Crippen LogP contribution < -0.4 is 11.2 Å². The number of nitrogens with zero attached hydrogens (tertiary/aromatic N) is 2. The van der Waals surface area contributed by atoms with Crippen molar-refractivity contribution in [1.29, 1.82) is 10.7 Å². The Morgan fingerprint density at radius 1 is 1.50 bits per heavy atom. The Kier molecular flexibility index (Phi) is 5.18. The summed E-state index contributed by atoms with van der Waals surface area (Å²) in [7, 11) is 0. The van der Waals surface area contributed by atoms with E-state index in [1.54, 1.807) is 26.8 Å². The van der Waals surface area contributed by atoms with E-state index in [4.69, 9.17) is 21.1 Å². The number of hydrogen-bond donors (Lipinski definition) is 3. The molecule has 4 N–H and O–H groups in total. The maximum atomic E-state index is 13.7. The largest absolute Gasteiger partial charge is 0.456 e. The van der Waals surface area contributed by atoms with E-state index in [1.807, 2.05) is 0 Å². The van der Waals surface area contributed by atoms with E-state index in [0.717, 1.165) is 6.07 Å². The minimum absolute atomic E-state index is 0.247. The number of rotatable bonds is 4. The van der Waals surface area contributed by atoms with E-state index in [0.29, 0.717) is 0 Å². The van der Waals surface area contributed by atoms with Gasteiger partial charge in [0.15, 0.2) is 5.84 Å². The molecule has 1 aromatic carbocycles. The number of carbonyl (C=O) groups excluding carboxylic acids is 1. The van der Waals surface area contributed by atoms with Crippen LogP contribution in [0.2, 0.25) is 0 Å². The number of nitriles is 1. The number of carbonyl (C=O) groups is 1. The van der Waals surface area contributed by atoms with Crippen LogP contribution in [0.15, 0.2) is 23.3 Å². The highest BCUT2D eigenvalue weighted by atomic mass is 19.1. The van der Waals surface area contributed by atoms with E-state index in [1.165, 1.54) is 12.1 Å². The molecule has 0 saturated heterocycles. The van der Waals surface area contributed by atoms with E-state index in [9.17, 15) is 9.18 Å². The summed E-state index contributed by atoms with van der Waals surface area (Å²) < 4.78 is 18.8. The second kappa shape index (κ2) is 6.67. The van der Waals surface area contributed by atoms with Gasteiger partial charge < -0.3 is 10.5 Å². The summed E-state index contributed by atoms with van der Waals surface area (Å²) in [6.45, 7) is 5.00. The molecule has 0 unspecified atom stereocenters. The lowest BCUT2D eigenvalue weighted by Gasteiger charge is -2.19. The second-order valence-electron chi connectivity index (χ2n) is 5.29. The molecule has 7 nitrogen and oxygen atoms in total. The summed E-state index contributed by atoms with van der Waals surface area (Å²) >= 11 is 0. The average Bonchev–Trinajstić information content (AvgIpc) is 2.38. The van der Waals surface area contributed by atoms with Crippen LogP contribution in [0.5, 0.6) is 0 Å². The molecule has 0 amide bonds. The van der Waals surface area contributed by atoms with Crippen molar-refractivity contribution in [3.8, 4) is 6.07 Å². The number of hydrazone groups is 1. The maximum Gasteiger partial charge on any atom is 0.341 e. The minimum atomic E-state index is -0.815. The Labute approximate surface area is 127 Å². The van der Waals surface area contributed by atoms with Crippen LogP contribution in [0.3, 0.4) is 0 Å². The molecule has 8 heteroatoms. The Balaban J connectivity index is 3.03. The van der Waals surface area contributed by atoms with Crippen molar-refractivity contribution in [1.82, 2.24) is 0 Å². The van der Waals surface area contributed by atoms with Gasteiger partial charge in [-0.1, -0.05) is 0 Å². The van der Waals surface area contributed by atoms with E-state index >= 15 is 0 Å². The molecule has 0 bridgehead atoms. The first-order chi connectivity index (χ1) is 10.1. The molecule has 1 rings (SSSR count). The monoisotopic (exact) mass is 305 g/mol. The fourth-order valence-corrected chi connectivity index (χ4v) is 1.35. The first-order valence-electron chi connectivity index (χ1n) is 6.25. The lowest BCUT2D eigenvalue weighted by Crippen LogP contribution is -2.24. The number of anilines is 1. The lowest BCUT2D eigenvalue weighted by atomic mass is 10.1. The van der Waals surface area contributed by atoms with Gasteiger partial charge in [0, 0.05) is 0 Å². The van der Waals surface area contributed by atoms with Crippen molar-refractivity contribution in [2.45, 2.75) is 26.4 Å². The Morgan fingerprint density at radius 3 is 2.64 bits per heavy atom. The van der Waals surface area contributed by atoms with Crippen molar-refractivity contribution in [3.05, 3.63) is 29.6 Å². The topological polar surface area (TPSA) is 124 Å². The number of ether oxygens (including phenoxy) is 1. The van der Waals surface area contributed by atoms with Crippen LogP contribution in [0.1, 0.15) is 31.1 Å². The molecule has 0 spiro atoms. The molecule has 0 aliphatic carbocycles. The Morgan fingerprint density at radius 2 is 2.14 bits per heavy atom. The van der Waals surface area contributed by atoms with Gasteiger partial charge in [-0.25, -0.2) is 9.18 Å². The summed E-state index contributed by atoms with van der Waals surface area (Å²) in [4.78, 5) is 11.9. The zero-order chi connectivity index (χ0) is 16.9. The van der Waals surface area contributed by atoms with Gasteiger partial charge in [0.25, 0.3) is 0 Å². The number of benzene rings is 1. The SMILES string of the molecule is CC(C)(C)OC(=O)c1cc(N/N=C(\C#N)C(=N)N)ccc1F. The highest BCUT2D eigenvalue weighted by Crippen LogP contribution is 2.19. The normalized spacial score (nSPS) is 11.5. The molecule has 22 heavy (non-hydrogen) atoms. The van der Waals surface area contributed by atoms with Gasteiger partial charge in [0.2, 0.25) is 5.71 Å². The quantitative estimate of drug-likeness (QED) is 0.339. The summed E-state index contributed by atoms with van der Waals surface area (Å²) in [6.07, 6.45) is 0. The van der Waals surface area contributed by atoms with Crippen LogP contribution in [0.25, 0.3) is 0 Å². The van der Waals surface area contributed by atoms with Crippen molar-refractivity contribution in [2.24, 2.45) is 10.8 Å². The van der Waals surface area contributed by atoms with E-state index < -0.39 is 23.2 Å². The van der Waals surface area contributed by atoms with Gasteiger partial charge in [-0.05, 0) is 39.0 Å². The van der Waals surface area contributed by atoms with Crippen LogP contribution in [0, 0.1) is 22.6 Å². The van der Waals surface area contributed by atoms with Gasteiger partial charge >= 0.3 is 5.97 Å². The lowest BCUT2D eigenvalue weighted by molar-refractivity contribution is 0.00648. The molecule has 0 aromatic heterocycles. The fourth-order valence-electron chi connectivity index (χ4n) is 1.35. The predicted octanol–water partition coefficient (Wildman–Crippen LogP) is 2.01. The predicted molar refractivity (Wildman–Crippen MR) is 80.2 cm³/mol. The van der Waals surface area contributed by atoms with Crippen LogP contribution >= 0.6 is 0 Å². The average molecular weight is 305 g/mol. The zero-order valence-electron chi connectivity index (χ0n) is 12.4. The third kappa shape index (κ3) is 4.86. The van der Waals surface area contributed by atoms with Gasteiger partial charge in [-0.15, -0.1) is 0 Å². The molecular weight excluding hydrogens is 289 g/mol. The number of nitrogens with two attached hydrogens (primary N) is 1. The first kappa shape index (κ1) is 17.1. The fraction of sp³-hybridized carbons (Fsp3) is 0.286. The smallest absolute Gasteiger partial charge is 0.341 e. The molecular formula is C14H16FN5O2. The molecule has 116 valence electrons. The molecule has 0 aliphatic rings. The minimum Gasteiger partial charge on any atom is -0.456 e. The molecule has 0 heterocycles. The summed E-state index contributed by atoms with van der Waals surface area (Å²) in [5, 5.41) is 19.4. The van der Waals surface area contributed by atoms with Gasteiger partial charge in [0.05, 0.1) is 11.3 Å². The number of hydrogen-bond acceptors (Lipinski definition) is 6. The van der Waals surface area contributed by atoms with E-state index in [-0.39, 0.29) is 17.0 Å². The maximum absolute atomic E-state index is 13.7. The molecule has 0 radical (unpaired) electrons. The standard InChI is InChI=1S/C14H16FN5O2/c1-14(2,3)22-13(21)9-6-8(4-5-10(9)15)19-20-11(7-16)12(17)18/h4-6,19H,1-3H3,(H3,17,18)/b20-11+. The van der Waals surface area contributed by atoms with Crippen molar-refractivity contribution in [2.75, 3.05) is 5.43 Å². The third-order valence-corrected chi connectivity index (χ3v) is 2.24. The van der Waals surface area contributed by atoms with Gasteiger partial charge in [-0.2, -0.15) is 10.4 Å². The van der Waals surface area contributed by atoms with Crippen LogP contribution in [-0.4, -0.2) is 23.1 Å². The highest BCUT2D eigenvalue weighted by molar-refractivity contribution is 6.45. The van der Waals surface area contributed by atoms with Gasteiger partial charge in [-0.3, -0.25) is 10.8 Å². The second-order valence-corrected chi connectivity index (χ2v) is 5.29. The molecule has 0 atom stereocenters. The zero-order valence-corrected chi connectivity index (χ0v) is 12.4. The number of nitrogens with one attached hydrogen (secondary N) is 2. The van der Waals surface area contributed by atoms with Crippen LogP contribution in [0.4, 0.5) is 10.1 Å². The van der Waals surface area contributed by atoms with Crippen molar-refractivity contribution < 1.29 is 13.9 Å². The molecule has 1 aromatic rings.